The van der Waals surface area contributed by atoms with Gasteiger partial charge in [0.2, 0.25) is 0 Å². The number of hydrogen-bond acceptors (Lipinski definition) is 2. The van der Waals surface area contributed by atoms with Gasteiger partial charge in [0.1, 0.15) is 5.75 Å². The number of methoxy groups -OCH3 is 1. The van der Waals surface area contributed by atoms with E-state index in [4.69, 9.17) is 21.4 Å². The maximum absolute atomic E-state index is 11.1. The highest BCUT2D eigenvalue weighted by Gasteiger charge is 2.21. The molecule has 1 unspecified atom stereocenters. The second-order valence-corrected chi connectivity index (χ2v) is 3.97. The lowest BCUT2D eigenvalue weighted by Gasteiger charge is -2.14. The molecule has 1 atom stereocenters. The number of ether oxygens (including phenoxy) is 1. The van der Waals surface area contributed by atoms with Crippen molar-refractivity contribution in [3.63, 3.8) is 0 Å². The van der Waals surface area contributed by atoms with Gasteiger partial charge in [-0.05, 0) is 24.1 Å². The van der Waals surface area contributed by atoms with Gasteiger partial charge in [-0.25, -0.2) is 0 Å². The summed E-state index contributed by atoms with van der Waals surface area (Å²) in [6, 6.07) is 5.09. The Balaban J connectivity index is 3.05. The number of carboxylic acid groups (broad SMARTS) is 1. The Morgan fingerprint density at radius 2 is 2.25 bits per heavy atom. The summed E-state index contributed by atoms with van der Waals surface area (Å²) < 4.78 is 5.02. The first-order chi connectivity index (χ1) is 7.60. The molecule has 16 heavy (non-hydrogen) atoms. The largest absolute Gasteiger partial charge is 0.497 e. The third-order valence-corrected chi connectivity index (χ3v) is 2.79. The molecule has 0 spiro atoms. The standard InChI is InChI=1S/C12H15ClO3/c1-3-4-10(12(14)15)9-6-5-8(16-2)7-11(9)13/h5-7,10H,3-4H2,1-2H3,(H,14,15). The van der Waals surface area contributed by atoms with Crippen molar-refractivity contribution in [3.05, 3.63) is 28.8 Å². The number of hydrogen-bond donors (Lipinski definition) is 1. The van der Waals surface area contributed by atoms with Crippen molar-refractivity contribution >= 4 is 17.6 Å². The lowest BCUT2D eigenvalue weighted by atomic mass is 9.94. The van der Waals surface area contributed by atoms with Crippen molar-refractivity contribution in [3.8, 4) is 5.75 Å². The molecule has 1 N–H and O–H groups in total. The van der Waals surface area contributed by atoms with Crippen LogP contribution >= 0.6 is 11.6 Å². The fraction of sp³-hybridized carbons (Fsp3) is 0.417. The van der Waals surface area contributed by atoms with Crippen LogP contribution in [0.1, 0.15) is 31.2 Å². The number of rotatable bonds is 5. The molecule has 88 valence electrons. The zero-order chi connectivity index (χ0) is 12.1. The molecule has 1 aromatic carbocycles. The van der Waals surface area contributed by atoms with Crippen molar-refractivity contribution < 1.29 is 14.6 Å². The summed E-state index contributed by atoms with van der Waals surface area (Å²) in [7, 11) is 1.55. The SMILES string of the molecule is CCCC(C(=O)O)c1ccc(OC)cc1Cl. The molecule has 0 aliphatic heterocycles. The van der Waals surface area contributed by atoms with Crippen LogP contribution in [-0.4, -0.2) is 18.2 Å². The Bertz CT molecular complexity index is 377. The Morgan fingerprint density at radius 1 is 1.56 bits per heavy atom. The quantitative estimate of drug-likeness (QED) is 0.862. The van der Waals surface area contributed by atoms with Gasteiger partial charge in [-0.1, -0.05) is 31.0 Å². The molecule has 0 aliphatic rings. The smallest absolute Gasteiger partial charge is 0.311 e. The molecule has 0 aliphatic carbocycles. The Hall–Kier alpha value is -1.22. The van der Waals surface area contributed by atoms with Crippen molar-refractivity contribution in [1.29, 1.82) is 0 Å². The molecule has 0 radical (unpaired) electrons. The van der Waals surface area contributed by atoms with E-state index in [1.54, 1.807) is 25.3 Å². The van der Waals surface area contributed by atoms with Gasteiger partial charge in [-0.2, -0.15) is 0 Å². The second-order valence-electron chi connectivity index (χ2n) is 3.57. The molecule has 0 saturated carbocycles. The van der Waals surface area contributed by atoms with Gasteiger partial charge in [0.05, 0.1) is 13.0 Å². The van der Waals surface area contributed by atoms with Crippen LogP contribution < -0.4 is 4.74 Å². The topological polar surface area (TPSA) is 46.5 Å². The molecular formula is C12H15ClO3. The summed E-state index contributed by atoms with van der Waals surface area (Å²) in [6.07, 6.45) is 1.39. The van der Waals surface area contributed by atoms with Crippen molar-refractivity contribution in [1.82, 2.24) is 0 Å². The van der Waals surface area contributed by atoms with Crippen LogP contribution in [0.25, 0.3) is 0 Å². The average molecular weight is 243 g/mol. The summed E-state index contributed by atoms with van der Waals surface area (Å²) in [5.74, 6) is -0.744. The van der Waals surface area contributed by atoms with Crippen LogP contribution in [0.3, 0.4) is 0 Å². The minimum Gasteiger partial charge on any atom is -0.497 e. The monoisotopic (exact) mass is 242 g/mol. The van der Waals surface area contributed by atoms with E-state index in [0.29, 0.717) is 22.8 Å². The third kappa shape index (κ3) is 2.89. The fourth-order valence-corrected chi connectivity index (χ4v) is 1.92. The summed E-state index contributed by atoms with van der Waals surface area (Å²) in [5, 5.41) is 9.56. The zero-order valence-electron chi connectivity index (χ0n) is 9.37. The normalized spacial score (nSPS) is 12.2. The van der Waals surface area contributed by atoms with Gasteiger partial charge in [-0.15, -0.1) is 0 Å². The highest BCUT2D eigenvalue weighted by Crippen LogP contribution is 2.31. The lowest BCUT2D eigenvalue weighted by molar-refractivity contribution is -0.139. The maximum Gasteiger partial charge on any atom is 0.311 e. The second kappa shape index (κ2) is 5.75. The van der Waals surface area contributed by atoms with Crippen LogP contribution in [-0.2, 0) is 4.79 Å². The molecule has 0 aromatic heterocycles. The maximum atomic E-state index is 11.1. The van der Waals surface area contributed by atoms with E-state index in [0.717, 1.165) is 6.42 Å². The third-order valence-electron chi connectivity index (χ3n) is 2.46. The first-order valence-electron chi connectivity index (χ1n) is 5.16. The summed E-state index contributed by atoms with van der Waals surface area (Å²) in [5.41, 5.74) is 0.650. The van der Waals surface area contributed by atoms with Crippen LogP contribution in [0.15, 0.2) is 18.2 Å². The summed E-state index contributed by atoms with van der Waals surface area (Å²) in [4.78, 5) is 11.1. The van der Waals surface area contributed by atoms with E-state index < -0.39 is 11.9 Å². The van der Waals surface area contributed by atoms with Gasteiger partial charge in [0, 0.05) is 5.02 Å². The van der Waals surface area contributed by atoms with Crippen molar-refractivity contribution in [2.24, 2.45) is 0 Å². The van der Waals surface area contributed by atoms with E-state index in [1.807, 2.05) is 6.92 Å². The zero-order valence-corrected chi connectivity index (χ0v) is 10.1. The Morgan fingerprint density at radius 3 is 2.69 bits per heavy atom. The summed E-state index contributed by atoms with van der Waals surface area (Å²) >= 11 is 6.04. The van der Waals surface area contributed by atoms with Gasteiger partial charge in [0.25, 0.3) is 0 Å². The van der Waals surface area contributed by atoms with Crippen LogP contribution in [0.2, 0.25) is 5.02 Å². The first kappa shape index (κ1) is 12.8. The van der Waals surface area contributed by atoms with Crippen molar-refractivity contribution in [2.75, 3.05) is 7.11 Å². The average Bonchev–Trinajstić information content (AvgIpc) is 2.26. The van der Waals surface area contributed by atoms with E-state index in [-0.39, 0.29) is 0 Å². The predicted octanol–water partition coefficient (Wildman–Crippen LogP) is 3.32. The van der Waals surface area contributed by atoms with E-state index in [2.05, 4.69) is 0 Å². The molecule has 4 heteroatoms. The highest BCUT2D eigenvalue weighted by atomic mass is 35.5. The molecular weight excluding hydrogens is 228 g/mol. The molecule has 3 nitrogen and oxygen atoms in total. The molecule has 0 saturated heterocycles. The van der Waals surface area contributed by atoms with Crippen LogP contribution in [0.4, 0.5) is 0 Å². The highest BCUT2D eigenvalue weighted by molar-refractivity contribution is 6.31. The predicted molar refractivity (Wildman–Crippen MR) is 63.3 cm³/mol. The lowest BCUT2D eigenvalue weighted by Crippen LogP contribution is -2.11. The van der Waals surface area contributed by atoms with Crippen LogP contribution in [0, 0.1) is 0 Å². The van der Waals surface area contributed by atoms with Crippen molar-refractivity contribution in [2.45, 2.75) is 25.7 Å². The molecule has 0 heterocycles. The number of carbonyl (C=O) groups is 1. The molecule has 0 fully saturated rings. The van der Waals surface area contributed by atoms with E-state index in [9.17, 15) is 4.79 Å². The molecule has 0 bridgehead atoms. The van der Waals surface area contributed by atoms with Gasteiger partial charge in [-0.3, -0.25) is 4.79 Å². The molecule has 0 amide bonds. The minimum absolute atomic E-state index is 0.445. The van der Waals surface area contributed by atoms with E-state index in [1.165, 1.54) is 0 Å². The number of benzene rings is 1. The molecule has 1 aromatic rings. The fourth-order valence-electron chi connectivity index (χ4n) is 1.62. The number of carboxylic acids is 1. The Kier molecular flexibility index (Phi) is 4.62. The number of aliphatic carboxylic acids is 1. The van der Waals surface area contributed by atoms with Gasteiger partial charge < -0.3 is 9.84 Å². The van der Waals surface area contributed by atoms with Gasteiger partial charge >= 0.3 is 5.97 Å². The van der Waals surface area contributed by atoms with Crippen LogP contribution in [0.5, 0.6) is 5.75 Å². The number of halogens is 1. The molecule has 1 rings (SSSR count). The minimum atomic E-state index is -0.839. The van der Waals surface area contributed by atoms with Gasteiger partial charge in [0.15, 0.2) is 0 Å². The Labute approximate surface area is 100.0 Å². The summed E-state index contributed by atoms with van der Waals surface area (Å²) in [6.45, 7) is 1.95. The first-order valence-corrected chi connectivity index (χ1v) is 5.54. The van der Waals surface area contributed by atoms with E-state index >= 15 is 0 Å².